The molecule has 5 nitrogen and oxygen atoms in total. The highest BCUT2D eigenvalue weighted by atomic mass is 35.5. The van der Waals surface area contributed by atoms with Crippen molar-refractivity contribution in [2.24, 2.45) is 11.7 Å². The molecule has 20 heavy (non-hydrogen) atoms. The van der Waals surface area contributed by atoms with Gasteiger partial charge in [0.15, 0.2) is 0 Å². The third-order valence-corrected chi connectivity index (χ3v) is 3.83. The molecule has 0 aromatic heterocycles. The summed E-state index contributed by atoms with van der Waals surface area (Å²) in [7, 11) is 0. The lowest BCUT2D eigenvalue weighted by molar-refractivity contribution is -0.148. The Kier molecular flexibility index (Phi) is 4.62. The Labute approximate surface area is 122 Å². The molecule has 1 aromatic rings. The molecule has 6 heteroatoms. The minimum atomic E-state index is -0.994. The van der Waals surface area contributed by atoms with Gasteiger partial charge in [0.25, 0.3) is 0 Å². The van der Waals surface area contributed by atoms with Crippen LogP contribution in [0.25, 0.3) is 0 Å². The summed E-state index contributed by atoms with van der Waals surface area (Å²) >= 11 is 5.80. The number of halogens is 1. The van der Waals surface area contributed by atoms with Gasteiger partial charge in [-0.2, -0.15) is 0 Å². The molecule has 2 rings (SSSR count). The second-order valence-electron chi connectivity index (χ2n) is 5.04. The summed E-state index contributed by atoms with van der Waals surface area (Å²) in [5, 5.41) is 9.97. The van der Waals surface area contributed by atoms with E-state index >= 15 is 0 Å². The van der Waals surface area contributed by atoms with Crippen molar-refractivity contribution >= 4 is 23.5 Å². The highest BCUT2D eigenvalue weighted by Gasteiger charge is 2.37. The van der Waals surface area contributed by atoms with Crippen molar-refractivity contribution < 1.29 is 14.7 Å². The summed E-state index contributed by atoms with van der Waals surface area (Å²) in [5.74, 6) is -1.08. The summed E-state index contributed by atoms with van der Waals surface area (Å²) in [6.07, 6.45) is 0.608. The van der Waals surface area contributed by atoms with E-state index in [1.807, 2.05) is 0 Å². The first kappa shape index (κ1) is 14.8. The molecule has 0 bridgehead atoms. The van der Waals surface area contributed by atoms with Crippen LogP contribution in [0.1, 0.15) is 12.0 Å². The number of amides is 1. The molecular formula is C14H17ClN2O3. The van der Waals surface area contributed by atoms with Crippen LogP contribution in [0.15, 0.2) is 24.3 Å². The van der Waals surface area contributed by atoms with Crippen molar-refractivity contribution in [3.8, 4) is 0 Å². The van der Waals surface area contributed by atoms with E-state index in [9.17, 15) is 14.7 Å². The van der Waals surface area contributed by atoms with Crippen LogP contribution in [0, 0.1) is 5.92 Å². The second kappa shape index (κ2) is 6.24. The first-order valence-electron chi connectivity index (χ1n) is 6.48. The molecule has 2 atom stereocenters. The van der Waals surface area contributed by atoms with Gasteiger partial charge in [-0.1, -0.05) is 23.7 Å². The average molecular weight is 297 g/mol. The Morgan fingerprint density at radius 2 is 2.10 bits per heavy atom. The number of hydrogen-bond acceptors (Lipinski definition) is 3. The summed E-state index contributed by atoms with van der Waals surface area (Å²) in [6, 6.07) is 6.13. The molecule has 1 aromatic carbocycles. The molecule has 0 spiro atoms. The Morgan fingerprint density at radius 3 is 2.60 bits per heavy atom. The van der Waals surface area contributed by atoms with Gasteiger partial charge in [0, 0.05) is 24.4 Å². The SMILES string of the molecule is NCC1CC(=O)N([C@H](Cc2ccc(Cl)cc2)C(=O)O)C1. The molecule has 0 aliphatic carbocycles. The van der Waals surface area contributed by atoms with Crippen molar-refractivity contribution in [3.05, 3.63) is 34.9 Å². The third-order valence-electron chi connectivity index (χ3n) is 3.58. The molecule has 1 heterocycles. The molecule has 0 radical (unpaired) electrons. The predicted molar refractivity (Wildman–Crippen MR) is 75.5 cm³/mol. The van der Waals surface area contributed by atoms with Gasteiger partial charge in [0.2, 0.25) is 5.91 Å². The monoisotopic (exact) mass is 296 g/mol. The van der Waals surface area contributed by atoms with Crippen molar-refractivity contribution in [2.45, 2.75) is 18.9 Å². The lowest BCUT2D eigenvalue weighted by Crippen LogP contribution is -2.44. The summed E-state index contributed by atoms with van der Waals surface area (Å²) in [4.78, 5) is 24.8. The topological polar surface area (TPSA) is 83.6 Å². The molecule has 1 saturated heterocycles. The van der Waals surface area contributed by atoms with E-state index < -0.39 is 12.0 Å². The fourth-order valence-electron chi connectivity index (χ4n) is 2.44. The number of hydrogen-bond donors (Lipinski definition) is 2. The Morgan fingerprint density at radius 1 is 1.45 bits per heavy atom. The fraction of sp³-hybridized carbons (Fsp3) is 0.429. The number of carbonyl (C=O) groups is 2. The Bertz CT molecular complexity index is 504. The van der Waals surface area contributed by atoms with Gasteiger partial charge in [-0.25, -0.2) is 4.79 Å². The Balaban J connectivity index is 2.13. The van der Waals surface area contributed by atoms with E-state index in [0.29, 0.717) is 24.5 Å². The maximum absolute atomic E-state index is 11.9. The maximum Gasteiger partial charge on any atom is 0.326 e. The summed E-state index contributed by atoms with van der Waals surface area (Å²) in [5.41, 5.74) is 6.40. The molecule has 0 saturated carbocycles. The molecule has 3 N–H and O–H groups in total. The van der Waals surface area contributed by atoms with Gasteiger partial charge in [-0.05, 0) is 30.2 Å². The van der Waals surface area contributed by atoms with Crippen molar-refractivity contribution in [1.82, 2.24) is 4.90 Å². The van der Waals surface area contributed by atoms with Crippen LogP contribution in [0.2, 0.25) is 5.02 Å². The highest BCUT2D eigenvalue weighted by Crippen LogP contribution is 2.22. The first-order chi connectivity index (χ1) is 9.51. The van der Waals surface area contributed by atoms with Crippen LogP contribution in [-0.2, 0) is 16.0 Å². The quantitative estimate of drug-likeness (QED) is 0.853. The van der Waals surface area contributed by atoms with Crippen LogP contribution < -0.4 is 5.73 Å². The number of rotatable bonds is 5. The van der Waals surface area contributed by atoms with E-state index in [2.05, 4.69) is 0 Å². The zero-order valence-electron chi connectivity index (χ0n) is 11.0. The van der Waals surface area contributed by atoms with Gasteiger partial charge in [0.1, 0.15) is 6.04 Å². The lowest BCUT2D eigenvalue weighted by atomic mass is 10.0. The zero-order valence-corrected chi connectivity index (χ0v) is 11.7. The third kappa shape index (κ3) is 3.29. The van der Waals surface area contributed by atoms with E-state index in [4.69, 9.17) is 17.3 Å². The zero-order chi connectivity index (χ0) is 14.7. The number of aliphatic carboxylic acids is 1. The number of carboxylic acid groups (broad SMARTS) is 1. The number of carbonyl (C=O) groups excluding carboxylic acids is 1. The van der Waals surface area contributed by atoms with Crippen LogP contribution in [0.5, 0.6) is 0 Å². The summed E-state index contributed by atoms with van der Waals surface area (Å²) in [6.45, 7) is 0.815. The van der Waals surface area contributed by atoms with E-state index in [0.717, 1.165) is 5.56 Å². The van der Waals surface area contributed by atoms with E-state index in [1.165, 1.54) is 4.90 Å². The normalized spacial score (nSPS) is 20.2. The van der Waals surface area contributed by atoms with Gasteiger partial charge in [0.05, 0.1) is 0 Å². The largest absolute Gasteiger partial charge is 0.480 e. The minimum Gasteiger partial charge on any atom is -0.480 e. The molecule has 108 valence electrons. The van der Waals surface area contributed by atoms with Crippen LogP contribution in [0.4, 0.5) is 0 Å². The van der Waals surface area contributed by atoms with Crippen LogP contribution in [0.3, 0.4) is 0 Å². The first-order valence-corrected chi connectivity index (χ1v) is 6.86. The van der Waals surface area contributed by atoms with Gasteiger partial charge >= 0.3 is 5.97 Å². The number of likely N-dealkylation sites (tertiary alicyclic amines) is 1. The van der Waals surface area contributed by atoms with Crippen molar-refractivity contribution in [2.75, 3.05) is 13.1 Å². The predicted octanol–water partition coefficient (Wildman–Crippen LogP) is 1.14. The molecule has 1 unspecified atom stereocenters. The smallest absolute Gasteiger partial charge is 0.326 e. The molecule has 1 fully saturated rings. The molecule has 1 aliphatic rings. The van der Waals surface area contributed by atoms with Crippen LogP contribution in [-0.4, -0.2) is 41.0 Å². The van der Waals surface area contributed by atoms with Gasteiger partial charge < -0.3 is 15.7 Å². The Hall–Kier alpha value is -1.59. The van der Waals surface area contributed by atoms with E-state index in [1.54, 1.807) is 24.3 Å². The maximum atomic E-state index is 11.9. The molecule has 1 aliphatic heterocycles. The van der Waals surface area contributed by atoms with Crippen molar-refractivity contribution in [3.63, 3.8) is 0 Å². The number of nitrogens with zero attached hydrogens (tertiary/aromatic N) is 1. The van der Waals surface area contributed by atoms with Gasteiger partial charge in [-0.3, -0.25) is 4.79 Å². The second-order valence-corrected chi connectivity index (χ2v) is 5.47. The average Bonchev–Trinajstić information content (AvgIpc) is 2.79. The molecular weight excluding hydrogens is 280 g/mol. The van der Waals surface area contributed by atoms with E-state index in [-0.39, 0.29) is 18.2 Å². The number of carboxylic acids is 1. The minimum absolute atomic E-state index is 0.0505. The summed E-state index contributed by atoms with van der Waals surface area (Å²) < 4.78 is 0. The van der Waals surface area contributed by atoms with Crippen LogP contribution >= 0.6 is 11.6 Å². The van der Waals surface area contributed by atoms with Gasteiger partial charge in [-0.15, -0.1) is 0 Å². The standard InChI is InChI=1S/C14H17ClN2O3/c15-11-3-1-9(2-4-11)5-12(14(19)20)17-8-10(7-16)6-13(17)18/h1-4,10,12H,5-8,16H2,(H,19,20)/t10?,12-/m1/s1. The fourth-order valence-corrected chi connectivity index (χ4v) is 2.57. The highest BCUT2D eigenvalue weighted by molar-refractivity contribution is 6.30. The number of nitrogens with two attached hydrogens (primary N) is 1. The number of benzene rings is 1. The van der Waals surface area contributed by atoms with Crippen molar-refractivity contribution in [1.29, 1.82) is 0 Å². The molecule has 1 amide bonds. The lowest BCUT2D eigenvalue weighted by Gasteiger charge is -2.24.